The van der Waals surface area contributed by atoms with Crippen LogP contribution in [0, 0.1) is 6.92 Å². The average Bonchev–Trinajstić information content (AvgIpc) is 2.83. The number of aryl methyl sites for hydroxylation is 1. The Kier molecular flexibility index (Phi) is 5.32. The normalized spacial score (nSPS) is 17.0. The van der Waals surface area contributed by atoms with E-state index < -0.39 is 6.09 Å². The quantitative estimate of drug-likeness (QED) is 0.907. The first-order valence-corrected chi connectivity index (χ1v) is 6.29. The molecule has 1 unspecified atom stereocenters. The van der Waals surface area contributed by atoms with Gasteiger partial charge in [-0.05, 0) is 12.5 Å². The van der Waals surface area contributed by atoms with Crippen molar-refractivity contribution in [2.45, 2.75) is 19.9 Å². The summed E-state index contributed by atoms with van der Waals surface area (Å²) < 4.78 is 0. The number of nitrogens with zero attached hydrogens (tertiary/aromatic N) is 3. The number of hydrogen-bond acceptors (Lipinski definition) is 3. The maximum absolute atomic E-state index is 11.5. The number of halogens is 1. The third-order valence-corrected chi connectivity index (χ3v) is 3.42. The van der Waals surface area contributed by atoms with Gasteiger partial charge in [-0.2, -0.15) is 10.1 Å². The van der Waals surface area contributed by atoms with Crippen LogP contribution in [0.25, 0.3) is 0 Å². The van der Waals surface area contributed by atoms with Crippen molar-refractivity contribution in [3.05, 3.63) is 35.4 Å². The Hall–Kier alpha value is -2.08. The topological polar surface area (TPSA) is 73.2 Å². The Morgan fingerprint density at radius 2 is 1.90 bits per heavy atom. The second kappa shape index (κ2) is 6.58. The highest BCUT2D eigenvalue weighted by Gasteiger charge is 2.34. The number of rotatable bonds is 2. The van der Waals surface area contributed by atoms with Crippen LogP contribution in [0.3, 0.4) is 0 Å². The Labute approximate surface area is 129 Å². The molecule has 2 amide bonds. The van der Waals surface area contributed by atoms with Gasteiger partial charge in [-0.25, -0.2) is 4.79 Å². The molecule has 0 saturated heterocycles. The Morgan fingerprint density at radius 3 is 2.38 bits per heavy atom. The molecule has 1 aromatic rings. The number of benzene rings is 1. The predicted molar refractivity (Wildman–Crippen MR) is 81.9 cm³/mol. The largest absolute Gasteiger partial charge is 0.464 e. The highest BCUT2D eigenvalue weighted by atomic mass is 35.5. The first-order valence-electron chi connectivity index (χ1n) is 6.29. The summed E-state index contributed by atoms with van der Waals surface area (Å²) in [6.07, 6.45) is -1.12. The zero-order valence-corrected chi connectivity index (χ0v) is 12.9. The molecule has 6 nitrogen and oxygen atoms in total. The molecule has 21 heavy (non-hydrogen) atoms. The van der Waals surface area contributed by atoms with E-state index in [-0.39, 0.29) is 30.9 Å². The number of carbonyl (C=O) groups is 2. The minimum atomic E-state index is -1.12. The molecule has 1 heterocycles. The summed E-state index contributed by atoms with van der Waals surface area (Å²) in [6.45, 7) is 3.59. The molecule has 0 fully saturated rings. The zero-order chi connectivity index (χ0) is 14.9. The Balaban J connectivity index is 0.00000220. The Morgan fingerprint density at radius 1 is 1.33 bits per heavy atom. The molecule has 1 N–H and O–H groups in total. The lowest BCUT2D eigenvalue weighted by molar-refractivity contribution is -0.128. The van der Waals surface area contributed by atoms with Crippen LogP contribution in [0.2, 0.25) is 0 Å². The fourth-order valence-corrected chi connectivity index (χ4v) is 2.11. The van der Waals surface area contributed by atoms with E-state index in [1.165, 1.54) is 11.8 Å². The molecule has 1 aliphatic heterocycles. The number of amides is 2. The monoisotopic (exact) mass is 311 g/mol. The first kappa shape index (κ1) is 17.0. The molecular formula is C14H18ClN3O3. The summed E-state index contributed by atoms with van der Waals surface area (Å²) in [5, 5.41) is 14.2. The highest BCUT2D eigenvalue weighted by Crippen LogP contribution is 2.19. The van der Waals surface area contributed by atoms with Crippen molar-refractivity contribution in [3.63, 3.8) is 0 Å². The fourth-order valence-electron chi connectivity index (χ4n) is 2.11. The van der Waals surface area contributed by atoms with Gasteiger partial charge in [0, 0.05) is 14.0 Å². The van der Waals surface area contributed by atoms with Crippen molar-refractivity contribution in [1.29, 1.82) is 0 Å². The second-order valence-corrected chi connectivity index (χ2v) is 4.86. The maximum atomic E-state index is 11.5. The molecule has 114 valence electrons. The van der Waals surface area contributed by atoms with Gasteiger partial charge in [0.05, 0.1) is 18.3 Å². The number of carbonyl (C=O) groups excluding carboxylic acids is 1. The van der Waals surface area contributed by atoms with Gasteiger partial charge < -0.3 is 10.0 Å². The van der Waals surface area contributed by atoms with Crippen LogP contribution >= 0.6 is 12.4 Å². The van der Waals surface area contributed by atoms with Crippen LogP contribution in [-0.2, 0) is 4.79 Å². The molecule has 0 radical (unpaired) electrons. The van der Waals surface area contributed by atoms with Gasteiger partial charge in [-0.1, -0.05) is 29.8 Å². The molecular weight excluding hydrogens is 294 g/mol. The molecule has 0 saturated carbocycles. The van der Waals surface area contributed by atoms with Gasteiger partial charge >= 0.3 is 6.09 Å². The highest BCUT2D eigenvalue weighted by molar-refractivity contribution is 6.07. The van der Waals surface area contributed by atoms with Crippen molar-refractivity contribution in [1.82, 2.24) is 9.91 Å². The van der Waals surface area contributed by atoms with Gasteiger partial charge in [-0.3, -0.25) is 4.79 Å². The van der Waals surface area contributed by atoms with Gasteiger partial charge in [0.15, 0.2) is 0 Å². The number of hydrogen-bond donors (Lipinski definition) is 1. The average molecular weight is 312 g/mol. The zero-order valence-electron chi connectivity index (χ0n) is 12.1. The Bertz CT molecular complexity index is 571. The third kappa shape index (κ3) is 3.52. The van der Waals surface area contributed by atoms with E-state index in [0.717, 1.165) is 16.1 Å². The van der Waals surface area contributed by atoms with Crippen LogP contribution < -0.4 is 0 Å². The number of hydrazone groups is 1. The molecule has 0 aromatic heterocycles. The van der Waals surface area contributed by atoms with Gasteiger partial charge in [-0.15, -0.1) is 12.4 Å². The van der Waals surface area contributed by atoms with Crippen LogP contribution in [0.4, 0.5) is 4.79 Å². The number of likely N-dealkylation sites (N-methyl/N-ethyl adjacent to an activating group) is 1. The van der Waals surface area contributed by atoms with E-state index in [9.17, 15) is 9.59 Å². The fraction of sp³-hybridized carbons (Fsp3) is 0.357. The van der Waals surface area contributed by atoms with Crippen molar-refractivity contribution < 1.29 is 14.7 Å². The molecule has 1 aliphatic rings. The van der Waals surface area contributed by atoms with Crippen LogP contribution in [0.1, 0.15) is 18.1 Å². The van der Waals surface area contributed by atoms with E-state index in [2.05, 4.69) is 5.10 Å². The maximum Gasteiger partial charge on any atom is 0.428 e. The third-order valence-electron chi connectivity index (χ3n) is 3.42. The molecule has 1 aromatic carbocycles. The van der Waals surface area contributed by atoms with Crippen LogP contribution in [0.15, 0.2) is 29.4 Å². The smallest absolute Gasteiger partial charge is 0.428 e. The molecule has 7 heteroatoms. The lowest BCUT2D eigenvalue weighted by Crippen LogP contribution is -2.43. The van der Waals surface area contributed by atoms with Crippen molar-refractivity contribution in [2.75, 3.05) is 13.6 Å². The minimum Gasteiger partial charge on any atom is -0.464 e. The van der Waals surface area contributed by atoms with E-state index in [1.807, 2.05) is 31.2 Å². The van der Waals surface area contributed by atoms with Gasteiger partial charge in [0.2, 0.25) is 5.91 Å². The predicted octanol–water partition coefficient (Wildman–Crippen LogP) is 1.96. The van der Waals surface area contributed by atoms with Crippen molar-refractivity contribution >= 4 is 30.1 Å². The van der Waals surface area contributed by atoms with E-state index in [0.29, 0.717) is 5.71 Å². The van der Waals surface area contributed by atoms with E-state index >= 15 is 0 Å². The second-order valence-electron chi connectivity index (χ2n) is 4.86. The van der Waals surface area contributed by atoms with E-state index in [1.54, 1.807) is 7.05 Å². The summed E-state index contributed by atoms with van der Waals surface area (Å²) in [6, 6.07) is 7.30. The summed E-state index contributed by atoms with van der Waals surface area (Å²) in [4.78, 5) is 24.1. The summed E-state index contributed by atoms with van der Waals surface area (Å²) >= 11 is 0. The lowest BCUT2D eigenvalue weighted by Gasteiger charge is -2.24. The van der Waals surface area contributed by atoms with Gasteiger partial charge in [0.1, 0.15) is 0 Å². The van der Waals surface area contributed by atoms with Crippen LogP contribution in [-0.4, -0.2) is 52.4 Å². The van der Waals surface area contributed by atoms with Crippen molar-refractivity contribution in [2.24, 2.45) is 5.10 Å². The molecule has 0 aliphatic carbocycles. The van der Waals surface area contributed by atoms with E-state index in [4.69, 9.17) is 5.11 Å². The minimum absolute atomic E-state index is 0. The first-order chi connectivity index (χ1) is 9.40. The SMILES string of the molecule is CC(=O)N(C)C1CN(C(=O)O)N=C1c1ccc(C)cc1.Cl. The summed E-state index contributed by atoms with van der Waals surface area (Å²) in [5.41, 5.74) is 2.54. The molecule has 0 bridgehead atoms. The molecule has 1 atom stereocenters. The standard InChI is InChI=1S/C14H17N3O3.ClH/c1-9-4-6-11(7-5-9)13-12(16(3)10(2)18)8-17(15-13)14(19)20;/h4-7,12H,8H2,1-3H3,(H,19,20);1H. The van der Waals surface area contributed by atoms with Gasteiger partial charge in [0.25, 0.3) is 0 Å². The molecule has 2 rings (SSSR count). The van der Waals surface area contributed by atoms with Crippen LogP contribution in [0.5, 0.6) is 0 Å². The lowest BCUT2D eigenvalue weighted by atomic mass is 10.0. The number of carboxylic acid groups (broad SMARTS) is 1. The molecule has 0 spiro atoms. The van der Waals surface area contributed by atoms with Crippen molar-refractivity contribution in [3.8, 4) is 0 Å². The summed E-state index contributed by atoms with van der Waals surface area (Å²) in [5.74, 6) is -0.123. The summed E-state index contributed by atoms with van der Waals surface area (Å²) in [7, 11) is 1.65.